The van der Waals surface area contributed by atoms with Crippen molar-refractivity contribution in [3.05, 3.63) is 60.2 Å². The molecule has 25 heavy (non-hydrogen) atoms. The molecular formula is C19H20FN3O2. The predicted octanol–water partition coefficient (Wildman–Crippen LogP) is 3.17. The van der Waals surface area contributed by atoms with Gasteiger partial charge in [-0.15, -0.1) is 0 Å². The number of rotatable bonds is 7. The van der Waals surface area contributed by atoms with E-state index < -0.39 is 0 Å². The van der Waals surface area contributed by atoms with Crippen LogP contribution in [0.4, 0.5) is 4.39 Å². The molecular weight excluding hydrogens is 321 g/mol. The Hall–Kier alpha value is -2.89. The van der Waals surface area contributed by atoms with E-state index in [0.717, 1.165) is 16.9 Å². The Morgan fingerprint density at radius 2 is 1.96 bits per heavy atom. The maximum atomic E-state index is 12.8. The molecule has 0 fully saturated rings. The molecule has 0 aliphatic carbocycles. The average molecular weight is 341 g/mol. The minimum absolute atomic E-state index is 0.0307. The summed E-state index contributed by atoms with van der Waals surface area (Å²) in [6.45, 7) is 0.828. The molecule has 2 aromatic carbocycles. The number of aromatic amines is 1. The highest BCUT2D eigenvalue weighted by Crippen LogP contribution is 2.12. The van der Waals surface area contributed by atoms with Crippen LogP contribution < -0.4 is 4.74 Å². The van der Waals surface area contributed by atoms with Gasteiger partial charge in [0, 0.05) is 19.9 Å². The topological polar surface area (TPSA) is 58.2 Å². The van der Waals surface area contributed by atoms with Crippen molar-refractivity contribution >= 4 is 16.9 Å². The van der Waals surface area contributed by atoms with E-state index in [1.165, 1.54) is 12.1 Å². The summed E-state index contributed by atoms with van der Waals surface area (Å²) < 4.78 is 18.3. The molecule has 0 unspecified atom stereocenters. The van der Waals surface area contributed by atoms with Gasteiger partial charge in [-0.1, -0.05) is 12.1 Å². The van der Waals surface area contributed by atoms with Gasteiger partial charge in [-0.3, -0.25) is 4.79 Å². The van der Waals surface area contributed by atoms with Crippen molar-refractivity contribution in [3.8, 4) is 5.75 Å². The Morgan fingerprint density at radius 3 is 2.72 bits per heavy atom. The molecule has 1 heterocycles. The fourth-order valence-corrected chi connectivity index (χ4v) is 2.50. The van der Waals surface area contributed by atoms with Gasteiger partial charge in [0.1, 0.15) is 24.0 Å². The van der Waals surface area contributed by atoms with E-state index in [0.29, 0.717) is 31.7 Å². The molecule has 6 heteroatoms. The first-order valence-corrected chi connectivity index (χ1v) is 8.18. The summed E-state index contributed by atoms with van der Waals surface area (Å²) in [5.74, 6) is 1.13. The third-order valence-corrected chi connectivity index (χ3v) is 3.95. The van der Waals surface area contributed by atoms with E-state index in [4.69, 9.17) is 4.74 Å². The van der Waals surface area contributed by atoms with Gasteiger partial charge in [-0.2, -0.15) is 0 Å². The molecule has 5 nitrogen and oxygen atoms in total. The quantitative estimate of drug-likeness (QED) is 0.718. The van der Waals surface area contributed by atoms with Crippen molar-refractivity contribution in [2.45, 2.75) is 12.8 Å². The number of fused-ring (bicyclic) bond motifs is 1. The number of hydrogen-bond acceptors (Lipinski definition) is 3. The molecule has 0 radical (unpaired) electrons. The van der Waals surface area contributed by atoms with Gasteiger partial charge in [-0.25, -0.2) is 9.37 Å². The Kier molecular flexibility index (Phi) is 5.28. The molecule has 0 aliphatic rings. The number of carbonyl (C=O) groups is 1. The molecule has 130 valence electrons. The van der Waals surface area contributed by atoms with Gasteiger partial charge in [0.15, 0.2) is 0 Å². The highest BCUT2D eigenvalue weighted by atomic mass is 19.1. The fourth-order valence-electron chi connectivity index (χ4n) is 2.50. The Balaban J connectivity index is 1.43. The third kappa shape index (κ3) is 4.56. The first-order chi connectivity index (χ1) is 12.1. The van der Waals surface area contributed by atoms with Crippen LogP contribution in [-0.4, -0.2) is 41.0 Å². The van der Waals surface area contributed by atoms with E-state index >= 15 is 0 Å². The molecule has 3 aromatic rings. The van der Waals surface area contributed by atoms with Crippen LogP contribution in [0.2, 0.25) is 0 Å². The molecule has 0 bridgehead atoms. The van der Waals surface area contributed by atoms with Gasteiger partial charge in [0.2, 0.25) is 5.91 Å². The lowest BCUT2D eigenvalue weighted by Crippen LogP contribution is -2.31. The van der Waals surface area contributed by atoms with Crippen LogP contribution >= 0.6 is 0 Å². The summed E-state index contributed by atoms with van der Waals surface area (Å²) in [6, 6.07) is 13.6. The lowest BCUT2D eigenvalue weighted by molar-refractivity contribution is -0.130. The van der Waals surface area contributed by atoms with Crippen molar-refractivity contribution in [1.82, 2.24) is 14.9 Å². The van der Waals surface area contributed by atoms with Gasteiger partial charge >= 0.3 is 0 Å². The SMILES string of the molecule is CN(CCOc1ccc(F)cc1)C(=O)CCc1nc2ccccc2[nH]1. The number of ether oxygens (including phenoxy) is 1. The lowest BCUT2D eigenvalue weighted by atomic mass is 10.2. The van der Waals surface area contributed by atoms with Crippen molar-refractivity contribution < 1.29 is 13.9 Å². The summed E-state index contributed by atoms with van der Waals surface area (Å²) in [5.41, 5.74) is 1.89. The van der Waals surface area contributed by atoms with Crippen LogP contribution in [0.1, 0.15) is 12.2 Å². The Bertz CT molecular complexity index is 812. The highest BCUT2D eigenvalue weighted by molar-refractivity contribution is 5.77. The number of para-hydroxylation sites is 2. The van der Waals surface area contributed by atoms with Gasteiger partial charge in [-0.05, 0) is 36.4 Å². The number of halogens is 1. The van der Waals surface area contributed by atoms with Crippen LogP contribution in [0.15, 0.2) is 48.5 Å². The molecule has 0 saturated heterocycles. The van der Waals surface area contributed by atoms with Crippen molar-refractivity contribution in [1.29, 1.82) is 0 Å². The number of imidazole rings is 1. The van der Waals surface area contributed by atoms with Gasteiger partial charge in [0.25, 0.3) is 0 Å². The van der Waals surface area contributed by atoms with Crippen LogP contribution in [0.25, 0.3) is 11.0 Å². The number of aromatic nitrogens is 2. The third-order valence-electron chi connectivity index (χ3n) is 3.95. The van der Waals surface area contributed by atoms with Crippen LogP contribution in [-0.2, 0) is 11.2 Å². The normalized spacial score (nSPS) is 10.8. The molecule has 1 aromatic heterocycles. The van der Waals surface area contributed by atoms with Crippen molar-refractivity contribution in [2.75, 3.05) is 20.2 Å². The molecule has 0 saturated carbocycles. The predicted molar refractivity (Wildman–Crippen MR) is 93.9 cm³/mol. The maximum absolute atomic E-state index is 12.8. The smallest absolute Gasteiger partial charge is 0.222 e. The number of carbonyl (C=O) groups excluding carboxylic acids is 1. The first-order valence-electron chi connectivity index (χ1n) is 8.18. The summed E-state index contributed by atoms with van der Waals surface area (Å²) in [7, 11) is 1.75. The van der Waals surface area contributed by atoms with E-state index in [1.54, 1.807) is 24.1 Å². The number of nitrogens with zero attached hydrogens (tertiary/aromatic N) is 2. The number of likely N-dealkylation sites (N-methyl/N-ethyl adjacent to an activating group) is 1. The van der Waals surface area contributed by atoms with E-state index in [1.807, 2.05) is 24.3 Å². The minimum atomic E-state index is -0.301. The average Bonchev–Trinajstić information content (AvgIpc) is 3.04. The fraction of sp³-hybridized carbons (Fsp3) is 0.263. The van der Waals surface area contributed by atoms with Crippen LogP contribution in [0.3, 0.4) is 0 Å². The lowest BCUT2D eigenvalue weighted by Gasteiger charge is -2.17. The van der Waals surface area contributed by atoms with Crippen molar-refractivity contribution in [3.63, 3.8) is 0 Å². The van der Waals surface area contributed by atoms with E-state index in [9.17, 15) is 9.18 Å². The Morgan fingerprint density at radius 1 is 1.20 bits per heavy atom. The molecule has 3 rings (SSSR count). The van der Waals surface area contributed by atoms with Crippen LogP contribution in [0, 0.1) is 5.82 Å². The van der Waals surface area contributed by atoms with E-state index in [2.05, 4.69) is 9.97 Å². The number of nitrogens with one attached hydrogen (secondary N) is 1. The molecule has 1 amide bonds. The number of H-pyrrole nitrogens is 1. The van der Waals surface area contributed by atoms with Crippen molar-refractivity contribution in [2.24, 2.45) is 0 Å². The molecule has 0 aliphatic heterocycles. The maximum Gasteiger partial charge on any atom is 0.222 e. The van der Waals surface area contributed by atoms with E-state index in [-0.39, 0.29) is 11.7 Å². The van der Waals surface area contributed by atoms with Gasteiger partial charge in [0.05, 0.1) is 17.6 Å². The summed E-state index contributed by atoms with van der Waals surface area (Å²) >= 11 is 0. The second kappa shape index (κ2) is 7.79. The zero-order chi connectivity index (χ0) is 17.6. The second-order valence-corrected chi connectivity index (χ2v) is 5.82. The first kappa shape index (κ1) is 17.0. The number of hydrogen-bond donors (Lipinski definition) is 1. The molecule has 0 atom stereocenters. The molecule has 1 N–H and O–H groups in total. The summed E-state index contributed by atoms with van der Waals surface area (Å²) in [4.78, 5) is 21.5. The monoisotopic (exact) mass is 341 g/mol. The zero-order valence-electron chi connectivity index (χ0n) is 14.0. The summed E-state index contributed by atoms with van der Waals surface area (Å²) in [6.07, 6.45) is 0.948. The number of aryl methyl sites for hydroxylation is 1. The highest BCUT2D eigenvalue weighted by Gasteiger charge is 2.11. The number of benzene rings is 2. The molecule has 0 spiro atoms. The zero-order valence-corrected chi connectivity index (χ0v) is 14.0. The summed E-state index contributed by atoms with van der Waals surface area (Å²) in [5, 5.41) is 0. The number of amides is 1. The second-order valence-electron chi connectivity index (χ2n) is 5.82. The standard InChI is InChI=1S/C19H20FN3O2/c1-23(12-13-25-15-8-6-14(20)7-9-15)19(24)11-10-18-21-16-4-2-3-5-17(16)22-18/h2-9H,10-13H2,1H3,(H,21,22). The largest absolute Gasteiger partial charge is 0.492 e. The van der Waals surface area contributed by atoms with Crippen LogP contribution in [0.5, 0.6) is 5.75 Å². The Labute approximate surface area is 145 Å². The van der Waals surface area contributed by atoms with Gasteiger partial charge < -0.3 is 14.6 Å². The minimum Gasteiger partial charge on any atom is -0.492 e.